The van der Waals surface area contributed by atoms with Crippen LogP contribution in [0.15, 0.2) is 35.6 Å². The van der Waals surface area contributed by atoms with E-state index in [2.05, 4.69) is 15.3 Å². The molecular weight excluding hydrogens is 329 g/mol. The van der Waals surface area contributed by atoms with Gasteiger partial charge in [-0.25, -0.2) is 9.97 Å². The number of carbonyl (C=O) groups excluding carboxylic acids is 1. The zero-order valence-corrected chi connectivity index (χ0v) is 13.8. The lowest BCUT2D eigenvalue weighted by molar-refractivity contribution is 0.0934. The van der Waals surface area contributed by atoms with E-state index in [4.69, 9.17) is 23.2 Å². The second kappa shape index (κ2) is 7.11. The highest BCUT2D eigenvalue weighted by Crippen LogP contribution is 2.23. The lowest BCUT2D eigenvalue weighted by Crippen LogP contribution is -2.28. The Kier molecular flexibility index (Phi) is 5.45. The summed E-state index contributed by atoms with van der Waals surface area (Å²) in [6, 6.07) is 7.10. The highest BCUT2D eigenvalue weighted by atomic mass is 35.5. The predicted octanol–water partition coefficient (Wildman–Crippen LogP) is 4.00. The molecule has 1 aromatic carbocycles. The molecule has 0 spiro atoms. The Bertz CT molecular complexity index is 666. The van der Waals surface area contributed by atoms with E-state index >= 15 is 0 Å². The van der Waals surface area contributed by atoms with Crippen molar-refractivity contribution in [3.05, 3.63) is 51.8 Å². The minimum atomic E-state index is -0.356. The summed E-state index contributed by atoms with van der Waals surface area (Å²) in [4.78, 5) is 20.4. The molecule has 0 bridgehead atoms. The van der Waals surface area contributed by atoms with Crippen molar-refractivity contribution in [2.75, 3.05) is 6.26 Å². The van der Waals surface area contributed by atoms with Crippen LogP contribution in [-0.2, 0) is 0 Å². The first-order chi connectivity index (χ1) is 10.0. The fourth-order valence-electron chi connectivity index (χ4n) is 1.78. The Morgan fingerprint density at radius 1 is 1.29 bits per heavy atom. The molecule has 2 rings (SSSR count). The van der Waals surface area contributed by atoms with E-state index in [0.717, 1.165) is 5.56 Å². The summed E-state index contributed by atoms with van der Waals surface area (Å²) in [5.74, 6) is -0.356. The monoisotopic (exact) mass is 341 g/mol. The zero-order chi connectivity index (χ0) is 15.4. The number of halogens is 2. The van der Waals surface area contributed by atoms with Crippen molar-refractivity contribution in [1.29, 1.82) is 0 Å². The molecule has 1 aromatic heterocycles. The molecule has 0 aliphatic heterocycles. The van der Waals surface area contributed by atoms with Gasteiger partial charge in [0.05, 0.1) is 17.3 Å². The van der Waals surface area contributed by atoms with Crippen LogP contribution in [0.2, 0.25) is 10.0 Å². The van der Waals surface area contributed by atoms with Crippen molar-refractivity contribution in [1.82, 2.24) is 15.3 Å². The maximum absolute atomic E-state index is 12.3. The normalized spacial score (nSPS) is 12.0. The van der Waals surface area contributed by atoms with Crippen molar-refractivity contribution >= 4 is 40.9 Å². The summed E-state index contributed by atoms with van der Waals surface area (Å²) in [6.45, 7) is 1.85. The van der Waals surface area contributed by atoms with E-state index in [9.17, 15) is 4.79 Å². The van der Waals surface area contributed by atoms with Crippen LogP contribution in [0.3, 0.4) is 0 Å². The minimum absolute atomic E-state index is 0.162. The molecule has 1 atom stereocenters. The van der Waals surface area contributed by atoms with E-state index in [1.165, 1.54) is 18.0 Å². The SMILES string of the molecule is CSc1ncc(Cl)c(C(=O)NC(C)c2ccccc2Cl)n1. The van der Waals surface area contributed by atoms with Gasteiger partial charge in [-0.05, 0) is 24.8 Å². The van der Waals surface area contributed by atoms with E-state index < -0.39 is 0 Å². The van der Waals surface area contributed by atoms with Gasteiger partial charge in [-0.15, -0.1) is 0 Å². The minimum Gasteiger partial charge on any atom is -0.344 e. The Morgan fingerprint density at radius 2 is 2.00 bits per heavy atom. The maximum Gasteiger partial charge on any atom is 0.272 e. The van der Waals surface area contributed by atoms with Crippen molar-refractivity contribution in [2.24, 2.45) is 0 Å². The smallest absolute Gasteiger partial charge is 0.272 e. The van der Waals surface area contributed by atoms with Crippen molar-refractivity contribution in [2.45, 2.75) is 18.1 Å². The fraction of sp³-hybridized carbons (Fsp3) is 0.214. The summed E-state index contributed by atoms with van der Waals surface area (Å²) in [6.07, 6.45) is 3.26. The first-order valence-corrected chi connectivity index (χ1v) is 8.12. The molecule has 7 heteroatoms. The molecule has 1 heterocycles. The molecule has 0 aliphatic rings. The highest BCUT2D eigenvalue weighted by Gasteiger charge is 2.18. The average molecular weight is 342 g/mol. The lowest BCUT2D eigenvalue weighted by Gasteiger charge is -2.15. The maximum atomic E-state index is 12.3. The third-order valence-electron chi connectivity index (χ3n) is 2.84. The summed E-state index contributed by atoms with van der Waals surface area (Å²) >= 11 is 13.5. The molecule has 1 N–H and O–H groups in total. The Hall–Kier alpha value is -1.30. The van der Waals surface area contributed by atoms with Gasteiger partial charge in [0.25, 0.3) is 5.91 Å². The number of benzene rings is 1. The van der Waals surface area contributed by atoms with Gasteiger partial charge in [-0.2, -0.15) is 0 Å². The second-order valence-corrected chi connectivity index (χ2v) is 5.86. The quantitative estimate of drug-likeness (QED) is 0.674. The molecule has 21 heavy (non-hydrogen) atoms. The number of nitrogens with one attached hydrogen (secondary N) is 1. The van der Waals surface area contributed by atoms with Gasteiger partial charge >= 0.3 is 0 Å². The van der Waals surface area contributed by atoms with Crippen LogP contribution >= 0.6 is 35.0 Å². The van der Waals surface area contributed by atoms with Crippen LogP contribution in [-0.4, -0.2) is 22.1 Å². The molecule has 4 nitrogen and oxygen atoms in total. The Balaban J connectivity index is 2.20. The predicted molar refractivity (Wildman–Crippen MR) is 86.2 cm³/mol. The van der Waals surface area contributed by atoms with Crippen LogP contribution in [0.5, 0.6) is 0 Å². The summed E-state index contributed by atoms with van der Waals surface area (Å²) < 4.78 is 0. The molecule has 0 saturated carbocycles. The topological polar surface area (TPSA) is 54.9 Å². The first-order valence-electron chi connectivity index (χ1n) is 6.14. The van der Waals surface area contributed by atoms with Crippen LogP contribution in [0, 0.1) is 0 Å². The molecule has 1 unspecified atom stereocenters. The number of hydrogen-bond donors (Lipinski definition) is 1. The van der Waals surface area contributed by atoms with Gasteiger partial charge in [0.2, 0.25) is 0 Å². The lowest BCUT2D eigenvalue weighted by atomic mass is 10.1. The van der Waals surface area contributed by atoms with Crippen LogP contribution in [0.4, 0.5) is 0 Å². The van der Waals surface area contributed by atoms with Crippen LogP contribution < -0.4 is 5.32 Å². The third-order valence-corrected chi connectivity index (χ3v) is 4.02. The van der Waals surface area contributed by atoms with E-state index in [0.29, 0.717) is 10.2 Å². The van der Waals surface area contributed by atoms with Crippen molar-refractivity contribution in [3.8, 4) is 0 Å². The fourth-order valence-corrected chi connectivity index (χ4v) is 2.59. The van der Waals surface area contributed by atoms with Crippen molar-refractivity contribution in [3.63, 3.8) is 0 Å². The number of carbonyl (C=O) groups is 1. The summed E-state index contributed by atoms with van der Waals surface area (Å²) in [5, 5.41) is 4.15. The molecule has 2 aromatic rings. The van der Waals surface area contributed by atoms with E-state index in [1.54, 1.807) is 6.07 Å². The van der Waals surface area contributed by atoms with Gasteiger partial charge in [-0.3, -0.25) is 4.79 Å². The van der Waals surface area contributed by atoms with Crippen molar-refractivity contribution < 1.29 is 4.79 Å². The van der Waals surface area contributed by atoms with Crippen LogP contribution in [0.1, 0.15) is 29.0 Å². The van der Waals surface area contributed by atoms with Gasteiger partial charge in [0.15, 0.2) is 10.9 Å². The molecule has 0 fully saturated rings. The van der Waals surface area contributed by atoms with Gasteiger partial charge in [0, 0.05) is 5.02 Å². The third kappa shape index (κ3) is 3.87. The summed E-state index contributed by atoms with van der Waals surface area (Å²) in [5.41, 5.74) is 0.998. The number of nitrogens with zero attached hydrogens (tertiary/aromatic N) is 2. The molecule has 110 valence electrons. The molecule has 0 radical (unpaired) electrons. The number of amides is 1. The second-order valence-electron chi connectivity index (χ2n) is 4.27. The highest BCUT2D eigenvalue weighted by molar-refractivity contribution is 7.98. The molecule has 0 aliphatic carbocycles. The molecular formula is C14H13Cl2N3OS. The first kappa shape index (κ1) is 16.1. The zero-order valence-electron chi connectivity index (χ0n) is 11.4. The molecule has 0 saturated heterocycles. The Morgan fingerprint density at radius 3 is 2.67 bits per heavy atom. The van der Waals surface area contributed by atoms with Crippen LogP contribution in [0.25, 0.3) is 0 Å². The largest absolute Gasteiger partial charge is 0.344 e. The Labute approximate surface area is 137 Å². The number of hydrogen-bond acceptors (Lipinski definition) is 4. The average Bonchev–Trinajstić information content (AvgIpc) is 2.48. The summed E-state index contributed by atoms with van der Waals surface area (Å²) in [7, 11) is 0. The number of thioether (sulfide) groups is 1. The number of rotatable bonds is 4. The standard InChI is InChI=1S/C14H13Cl2N3OS/c1-8(9-5-3-4-6-10(9)15)18-13(20)12-11(16)7-17-14(19-12)21-2/h3-8H,1-2H3,(H,18,20). The molecule has 1 amide bonds. The number of aromatic nitrogens is 2. The van der Waals surface area contributed by atoms with E-state index in [1.807, 2.05) is 31.4 Å². The van der Waals surface area contributed by atoms with E-state index in [-0.39, 0.29) is 22.7 Å². The van der Waals surface area contributed by atoms with Gasteiger partial charge in [0.1, 0.15) is 0 Å². The van der Waals surface area contributed by atoms with Gasteiger partial charge < -0.3 is 5.32 Å². The van der Waals surface area contributed by atoms with Gasteiger partial charge in [-0.1, -0.05) is 53.2 Å².